The quantitative estimate of drug-likeness (QED) is 0.834. The highest BCUT2D eigenvalue weighted by atomic mass is 16.2. The molecule has 0 spiro atoms. The number of carbonyl (C=O) groups excluding carboxylic acids is 2. The van der Waals surface area contributed by atoms with E-state index < -0.39 is 5.92 Å². The molecule has 25 heavy (non-hydrogen) atoms. The van der Waals surface area contributed by atoms with Crippen LogP contribution < -0.4 is 5.32 Å². The predicted molar refractivity (Wildman–Crippen MR) is 91.4 cm³/mol. The maximum atomic E-state index is 12.7. The van der Waals surface area contributed by atoms with Crippen LogP contribution in [0.5, 0.6) is 0 Å². The van der Waals surface area contributed by atoms with Gasteiger partial charge in [-0.25, -0.2) is 4.98 Å². The summed E-state index contributed by atoms with van der Waals surface area (Å²) in [5, 5.41) is 7.24. The SMILES string of the molecule is CCN1C(=O)C[C@H](C(=O)NCCn2ccnc2)[C@H]1c1cnn(C)c1C. The molecular formula is C17H24N6O2. The van der Waals surface area contributed by atoms with Crippen molar-refractivity contribution in [1.29, 1.82) is 0 Å². The van der Waals surface area contributed by atoms with Gasteiger partial charge in [-0.15, -0.1) is 0 Å². The number of hydrogen-bond acceptors (Lipinski definition) is 4. The third-order valence-electron chi connectivity index (χ3n) is 4.93. The minimum absolute atomic E-state index is 0.0190. The molecule has 0 aromatic carbocycles. The van der Waals surface area contributed by atoms with Crippen molar-refractivity contribution in [2.75, 3.05) is 13.1 Å². The van der Waals surface area contributed by atoms with Crippen LogP contribution in [0.4, 0.5) is 0 Å². The number of amides is 2. The summed E-state index contributed by atoms with van der Waals surface area (Å²) >= 11 is 0. The van der Waals surface area contributed by atoms with Crippen molar-refractivity contribution in [2.24, 2.45) is 13.0 Å². The smallest absolute Gasteiger partial charge is 0.226 e. The average Bonchev–Trinajstić information content (AvgIpc) is 3.29. The van der Waals surface area contributed by atoms with Crippen LogP contribution in [0, 0.1) is 12.8 Å². The normalized spacial score (nSPS) is 20.3. The first-order chi connectivity index (χ1) is 12.0. The average molecular weight is 344 g/mol. The summed E-state index contributed by atoms with van der Waals surface area (Å²) < 4.78 is 3.68. The summed E-state index contributed by atoms with van der Waals surface area (Å²) in [6.07, 6.45) is 7.28. The van der Waals surface area contributed by atoms with Gasteiger partial charge in [0.15, 0.2) is 0 Å². The lowest BCUT2D eigenvalue weighted by molar-refractivity contribution is -0.129. The Kier molecular flexibility index (Phi) is 4.87. The topological polar surface area (TPSA) is 85.1 Å². The summed E-state index contributed by atoms with van der Waals surface area (Å²) in [5.41, 5.74) is 1.93. The van der Waals surface area contributed by atoms with Crippen molar-refractivity contribution in [1.82, 2.24) is 29.5 Å². The molecule has 1 fully saturated rings. The van der Waals surface area contributed by atoms with Gasteiger partial charge in [0.25, 0.3) is 0 Å². The second-order valence-electron chi connectivity index (χ2n) is 6.34. The van der Waals surface area contributed by atoms with Crippen LogP contribution in [-0.2, 0) is 23.2 Å². The second kappa shape index (κ2) is 7.08. The Morgan fingerprint density at radius 3 is 2.84 bits per heavy atom. The zero-order valence-electron chi connectivity index (χ0n) is 14.8. The summed E-state index contributed by atoms with van der Waals surface area (Å²) in [6.45, 7) is 5.64. The van der Waals surface area contributed by atoms with Gasteiger partial charge in [0, 0.05) is 56.8 Å². The van der Waals surface area contributed by atoms with Gasteiger partial charge in [-0.05, 0) is 13.8 Å². The Morgan fingerprint density at radius 1 is 1.44 bits per heavy atom. The van der Waals surface area contributed by atoms with Gasteiger partial charge in [0.2, 0.25) is 11.8 Å². The summed E-state index contributed by atoms with van der Waals surface area (Å²) in [5.74, 6) is -0.457. The molecule has 2 atom stereocenters. The molecule has 8 heteroatoms. The molecule has 134 valence electrons. The van der Waals surface area contributed by atoms with Crippen molar-refractivity contribution < 1.29 is 9.59 Å². The van der Waals surface area contributed by atoms with Gasteiger partial charge >= 0.3 is 0 Å². The van der Waals surface area contributed by atoms with Crippen molar-refractivity contribution in [3.8, 4) is 0 Å². The van der Waals surface area contributed by atoms with Crippen LogP contribution in [-0.4, -0.2) is 49.1 Å². The molecule has 8 nitrogen and oxygen atoms in total. The van der Waals surface area contributed by atoms with Gasteiger partial charge in [0.05, 0.1) is 24.5 Å². The first kappa shape index (κ1) is 17.2. The molecule has 0 aliphatic carbocycles. The maximum Gasteiger partial charge on any atom is 0.226 e. The highest BCUT2D eigenvalue weighted by Crippen LogP contribution is 2.39. The number of aromatic nitrogens is 4. The van der Waals surface area contributed by atoms with Gasteiger partial charge in [-0.1, -0.05) is 0 Å². The third-order valence-corrected chi connectivity index (χ3v) is 4.93. The fraction of sp³-hybridized carbons (Fsp3) is 0.529. The molecule has 0 unspecified atom stereocenters. The van der Waals surface area contributed by atoms with Crippen LogP contribution >= 0.6 is 0 Å². The molecule has 2 amide bonds. The Bertz CT molecular complexity index is 751. The van der Waals surface area contributed by atoms with Gasteiger partial charge in [-0.2, -0.15) is 5.10 Å². The summed E-state index contributed by atoms with van der Waals surface area (Å²) in [6, 6.07) is -0.251. The Labute approximate surface area is 146 Å². The largest absolute Gasteiger partial charge is 0.354 e. The lowest BCUT2D eigenvalue weighted by Crippen LogP contribution is -2.37. The Balaban J connectivity index is 1.74. The first-order valence-corrected chi connectivity index (χ1v) is 8.54. The van der Waals surface area contributed by atoms with Crippen LogP contribution in [0.2, 0.25) is 0 Å². The summed E-state index contributed by atoms with van der Waals surface area (Å²) in [7, 11) is 1.87. The van der Waals surface area contributed by atoms with E-state index >= 15 is 0 Å². The number of nitrogens with one attached hydrogen (secondary N) is 1. The molecule has 0 radical (unpaired) electrons. The molecule has 1 N–H and O–H groups in total. The van der Waals surface area contributed by atoms with Crippen LogP contribution in [0.1, 0.15) is 30.6 Å². The van der Waals surface area contributed by atoms with Crippen molar-refractivity contribution in [2.45, 2.75) is 32.9 Å². The lowest BCUT2D eigenvalue weighted by atomic mass is 9.93. The number of imidazole rings is 1. The third kappa shape index (κ3) is 3.29. The number of carbonyl (C=O) groups is 2. The van der Waals surface area contributed by atoms with Crippen molar-refractivity contribution in [3.05, 3.63) is 36.2 Å². The molecule has 3 rings (SSSR count). The second-order valence-corrected chi connectivity index (χ2v) is 6.34. The van der Waals surface area contributed by atoms with Crippen LogP contribution in [0.3, 0.4) is 0 Å². The number of likely N-dealkylation sites (tertiary alicyclic amines) is 1. The molecule has 3 heterocycles. The number of hydrogen-bond donors (Lipinski definition) is 1. The van der Waals surface area contributed by atoms with Crippen LogP contribution in [0.25, 0.3) is 0 Å². The minimum Gasteiger partial charge on any atom is -0.354 e. The highest BCUT2D eigenvalue weighted by Gasteiger charge is 2.44. The minimum atomic E-state index is -0.391. The molecule has 1 aliphatic rings. The molecule has 2 aromatic heterocycles. The molecule has 1 saturated heterocycles. The van der Waals surface area contributed by atoms with Gasteiger partial charge in [-0.3, -0.25) is 14.3 Å². The summed E-state index contributed by atoms with van der Waals surface area (Å²) in [4.78, 5) is 30.9. The van der Waals surface area contributed by atoms with E-state index in [0.717, 1.165) is 11.3 Å². The van der Waals surface area contributed by atoms with Gasteiger partial charge < -0.3 is 14.8 Å². The zero-order valence-corrected chi connectivity index (χ0v) is 14.8. The first-order valence-electron chi connectivity index (χ1n) is 8.54. The monoisotopic (exact) mass is 344 g/mol. The Hall–Kier alpha value is -2.64. The number of rotatable bonds is 6. The fourth-order valence-electron chi connectivity index (χ4n) is 3.45. The maximum absolute atomic E-state index is 12.7. The molecule has 0 bridgehead atoms. The van der Waals surface area contributed by atoms with E-state index in [4.69, 9.17) is 0 Å². The van der Waals surface area contributed by atoms with E-state index in [1.165, 1.54) is 0 Å². The molecule has 2 aromatic rings. The van der Waals surface area contributed by atoms with Crippen LogP contribution in [0.15, 0.2) is 24.9 Å². The van der Waals surface area contributed by atoms with E-state index in [-0.39, 0.29) is 24.3 Å². The molecule has 1 aliphatic heterocycles. The van der Waals surface area contributed by atoms with E-state index in [1.807, 2.05) is 31.7 Å². The number of aryl methyl sites for hydroxylation is 1. The van der Waals surface area contributed by atoms with Gasteiger partial charge in [0.1, 0.15) is 0 Å². The Morgan fingerprint density at radius 2 is 2.24 bits per heavy atom. The van der Waals surface area contributed by atoms with E-state index in [0.29, 0.717) is 19.6 Å². The van der Waals surface area contributed by atoms with E-state index in [1.54, 1.807) is 28.3 Å². The molecule has 0 saturated carbocycles. The van der Waals surface area contributed by atoms with E-state index in [9.17, 15) is 9.59 Å². The fourth-order valence-corrected chi connectivity index (χ4v) is 3.45. The lowest BCUT2D eigenvalue weighted by Gasteiger charge is -2.26. The standard InChI is InChI=1S/C17H24N6O2/c1-4-23-15(24)9-13(16(23)14-10-20-21(3)12(14)2)17(25)19-6-8-22-7-5-18-11-22/h5,7,10-11,13,16H,4,6,8-9H2,1-3H3,(H,19,25)/t13-,16-/m0/s1. The van der Waals surface area contributed by atoms with Crippen molar-refractivity contribution >= 4 is 11.8 Å². The molecular weight excluding hydrogens is 320 g/mol. The zero-order chi connectivity index (χ0) is 18.0. The highest BCUT2D eigenvalue weighted by molar-refractivity contribution is 5.90. The van der Waals surface area contributed by atoms with E-state index in [2.05, 4.69) is 15.4 Å². The van der Waals surface area contributed by atoms with Crippen molar-refractivity contribution in [3.63, 3.8) is 0 Å². The number of nitrogens with zero attached hydrogens (tertiary/aromatic N) is 5. The predicted octanol–water partition coefficient (Wildman–Crippen LogP) is 0.651.